The summed E-state index contributed by atoms with van der Waals surface area (Å²) >= 11 is 0. The highest BCUT2D eigenvalue weighted by Crippen LogP contribution is 2.14. The van der Waals surface area contributed by atoms with Gasteiger partial charge in [-0.05, 0) is 32.1 Å². The van der Waals surface area contributed by atoms with Gasteiger partial charge in [-0.25, -0.2) is 0 Å². The van der Waals surface area contributed by atoms with Crippen molar-refractivity contribution < 1.29 is 15.0 Å². The maximum absolute atomic E-state index is 12.3. The molecule has 0 aliphatic heterocycles. The molecule has 4 nitrogen and oxygen atoms in total. The maximum atomic E-state index is 12.3. The van der Waals surface area contributed by atoms with Crippen LogP contribution in [0.3, 0.4) is 0 Å². The van der Waals surface area contributed by atoms with Crippen LogP contribution in [0.5, 0.6) is 0 Å². The van der Waals surface area contributed by atoms with Gasteiger partial charge in [0.2, 0.25) is 5.91 Å². The molecule has 0 bridgehead atoms. The molecule has 1 amide bonds. The summed E-state index contributed by atoms with van der Waals surface area (Å²) in [6.07, 6.45) is 39.7. The minimum Gasteiger partial charge on any atom is -0.394 e. The van der Waals surface area contributed by atoms with Gasteiger partial charge in [0.1, 0.15) is 0 Å². The van der Waals surface area contributed by atoms with E-state index in [1.54, 1.807) is 6.08 Å². The molecule has 0 unspecified atom stereocenters. The minimum atomic E-state index is -0.855. The van der Waals surface area contributed by atoms with Crippen molar-refractivity contribution in [3.63, 3.8) is 0 Å². The van der Waals surface area contributed by atoms with Gasteiger partial charge in [0.25, 0.3) is 0 Å². The first-order valence-electron chi connectivity index (χ1n) is 17.6. The smallest absolute Gasteiger partial charge is 0.220 e. The van der Waals surface area contributed by atoms with Crippen LogP contribution in [0, 0.1) is 0 Å². The summed E-state index contributed by atoms with van der Waals surface area (Å²) in [7, 11) is 0. The predicted molar refractivity (Wildman–Crippen MR) is 175 cm³/mol. The van der Waals surface area contributed by atoms with Crippen molar-refractivity contribution in [1.29, 1.82) is 0 Å². The lowest BCUT2D eigenvalue weighted by molar-refractivity contribution is -0.123. The van der Waals surface area contributed by atoms with Crippen molar-refractivity contribution in [3.8, 4) is 0 Å². The number of amides is 1. The van der Waals surface area contributed by atoms with Crippen LogP contribution in [0.15, 0.2) is 24.3 Å². The van der Waals surface area contributed by atoms with E-state index < -0.39 is 12.1 Å². The van der Waals surface area contributed by atoms with E-state index in [1.165, 1.54) is 128 Å². The molecule has 3 N–H and O–H groups in total. The van der Waals surface area contributed by atoms with Crippen LogP contribution in [-0.4, -0.2) is 34.9 Å². The molecule has 236 valence electrons. The fraction of sp³-hybridized carbons (Fsp3) is 0.861. The predicted octanol–water partition coefficient (Wildman–Crippen LogP) is 10.1. The molecular formula is C36H69NO3. The molecule has 0 rings (SSSR count). The van der Waals surface area contributed by atoms with Crippen molar-refractivity contribution in [1.82, 2.24) is 5.32 Å². The Kier molecular flexibility index (Phi) is 31.5. The van der Waals surface area contributed by atoms with Crippen LogP contribution in [0.1, 0.15) is 181 Å². The molecule has 0 aromatic heterocycles. The summed E-state index contributed by atoms with van der Waals surface area (Å²) in [5.41, 5.74) is 0. The third kappa shape index (κ3) is 28.4. The first-order valence-corrected chi connectivity index (χ1v) is 17.6. The second kappa shape index (κ2) is 32.4. The van der Waals surface area contributed by atoms with Crippen molar-refractivity contribution in [2.75, 3.05) is 6.61 Å². The Bertz CT molecular complexity index is 574. The number of carbonyl (C=O) groups is 1. The summed E-state index contributed by atoms with van der Waals surface area (Å²) in [6.45, 7) is 4.27. The number of hydrogen-bond acceptors (Lipinski definition) is 3. The Hall–Kier alpha value is -1.13. The van der Waals surface area contributed by atoms with E-state index in [1.807, 2.05) is 6.08 Å². The second-order valence-electron chi connectivity index (χ2n) is 11.9. The molecule has 0 saturated heterocycles. The van der Waals surface area contributed by atoms with Crippen LogP contribution in [0.25, 0.3) is 0 Å². The summed E-state index contributed by atoms with van der Waals surface area (Å²) in [5.74, 6) is -0.0745. The Morgan fingerprint density at radius 3 is 1.45 bits per heavy atom. The van der Waals surface area contributed by atoms with Gasteiger partial charge in [-0.3, -0.25) is 4.79 Å². The van der Waals surface area contributed by atoms with E-state index in [0.29, 0.717) is 6.42 Å². The molecule has 0 aliphatic carbocycles. The molecule has 0 radical (unpaired) electrons. The van der Waals surface area contributed by atoms with Gasteiger partial charge in [0, 0.05) is 6.42 Å². The number of aliphatic hydroxyl groups is 2. The normalized spacial score (nSPS) is 13.4. The van der Waals surface area contributed by atoms with Gasteiger partial charge in [-0.1, -0.05) is 167 Å². The lowest BCUT2D eigenvalue weighted by Gasteiger charge is -2.19. The quantitative estimate of drug-likeness (QED) is 0.0580. The van der Waals surface area contributed by atoms with Crippen LogP contribution in [-0.2, 0) is 4.79 Å². The van der Waals surface area contributed by atoms with Crippen LogP contribution >= 0.6 is 0 Å². The third-order valence-corrected chi connectivity index (χ3v) is 7.94. The van der Waals surface area contributed by atoms with Crippen molar-refractivity contribution >= 4 is 5.91 Å². The Balaban J connectivity index is 3.66. The van der Waals surface area contributed by atoms with Crippen molar-refractivity contribution in [3.05, 3.63) is 24.3 Å². The van der Waals surface area contributed by atoms with Crippen LogP contribution in [0.4, 0.5) is 0 Å². The SMILES string of the molecule is CCCCCCCCC/C=C/CC/C=C/[C@@H](O)[C@H](CO)NC(=O)CCCCCCCCCCCCCCCCC. The Morgan fingerprint density at radius 2 is 0.975 bits per heavy atom. The summed E-state index contributed by atoms with van der Waals surface area (Å²) < 4.78 is 0. The maximum Gasteiger partial charge on any atom is 0.220 e. The van der Waals surface area contributed by atoms with Gasteiger partial charge >= 0.3 is 0 Å². The third-order valence-electron chi connectivity index (χ3n) is 7.94. The number of carbonyl (C=O) groups excluding carboxylic acids is 1. The van der Waals surface area contributed by atoms with Gasteiger partial charge in [0.05, 0.1) is 18.8 Å². The topological polar surface area (TPSA) is 69.6 Å². The largest absolute Gasteiger partial charge is 0.394 e. The van der Waals surface area contributed by atoms with Gasteiger partial charge in [0.15, 0.2) is 0 Å². The molecule has 2 atom stereocenters. The Labute approximate surface area is 249 Å². The number of rotatable bonds is 31. The second-order valence-corrected chi connectivity index (χ2v) is 11.9. The monoisotopic (exact) mass is 564 g/mol. The average Bonchev–Trinajstić information content (AvgIpc) is 2.96. The lowest BCUT2D eigenvalue weighted by Crippen LogP contribution is -2.45. The zero-order chi connectivity index (χ0) is 29.4. The van der Waals surface area contributed by atoms with E-state index in [-0.39, 0.29) is 12.5 Å². The van der Waals surface area contributed by atoms with Crippen LogP contribution in [0.2, 0.25) is 0 Å². The van der Waals surface area contributed by atoms with E-state index >= 15 is 0 Å². The number of unbranched alkanes of at least 4 members (excludes halogenated alkanes) is 22. The number of allylic oxidation sites excluding steroid dienone is 3. The van der Waals surface area contributed by atoms with E-state index in [4.69, 9.17) is 0 Å². The van der Waals surface area contributed by atoms with E-state index in [0.717, 1.165) is 32.1 Å². The van der Waals surface area contributed by atoms with Crippen molar-refractivity contribution in [2.24, 2.45) is 0 Å². The molecule has 0 saturated carbocycles. The molecule has 0 heterocycles. The zero-order valence-corrected chi connectivity index (χ0v) is 26.9. The molecular weight excluding hydrogens is 494 g/mol. The fourth-order valence-corrected chi connectivity index (χ4v) is 5.19. The molecule has 0 spiro atoms. The van der Waals surface area contributed by atoms with Crippen molar-refractivity contribution in [2.45, 2.75) is 193 Å². The molecule has 0 aliphatic rings. The van der Waals surface area contributed by atoms with Gasteiger partial charge in [-0.15, -0.1) is 0 Å². The first-order chi connectivity index (χ1) is 19.7. The number of hydrogen-bond donors (Lipinski definition) is 3. The number of aliphatic hydroxyl groups excluding tert-OH is 2. The minimum absolute atomic E-state index is 0.0745. The fourth-order valence-electron chi connectivity index (χ4n) is 5.19. The zero-order valence-electron chi connectivity index (χ0n) is 26.9. The molecule has 0 fully saturated rings. The molecule has 4 heteroatoms. The highest BCUT2D eigenvalue weighted by Gasteiger charge is 2.17. The molecule has 0 aromatic rings. The molecule has 40 heavy (non-hydrogen) atoms. The first kappa shape index (κ1) is 38.9. The van der Waals surface area contributed by atoms with Gasteiger partial charge in [-0.2, -0.15) is 0 Å². The number of nitrogens with one attached hydrogen (secondary N) is 1. The summed E-state index contributed by atoms with van der Waals surface area (Å²) in [5, 5.41) is 22.8. The Morgan fingerprint density at radius 1 is 0.575 bits per heavy atom. The lowest BCUT2D eigenvalue weighted by atomic mass is 10.0. The van der Waals surface area contributed by atoms with Gasteiger partial charge < -0.3 is 15.5 Å². The standard InChI is InChI=1S/C36H69NO3/c1-3-5-7-9-11-13-15-17-18-20-22-24-26-28-30-32-36(40)37-34(33-38)35(39)31-29-27-25-23-21-19-16-14-12-10-8-6-4-2/h21,23,29,31,34-35,38-39H,3-20,22,24-28,30,32-33H2,1-2H3,(H,37,40)/b23-21+,31-29+/t34-,35+/m0/s1. The van der Waals surface area contributed by atoms with Crippen LogP contribution < -0.4 is 5.32 Å². The van der Waals surface area contributed by atoms with E-state index in [2.05, 4.69) is 31.3 Å². The molecule has 0 aromatic carbocycles. The highest BCUT2D eigenvalue weighted by molar-refractivity contribution is 5.76. The van der Waals surface area contributed by atoms with E-state index in [9.17, 15) is 15.0 Å². The average molecular weight is 564 g/mol. The summed E-state index contributed by atoms with van der Waals surface area (Å²) in [4.78, 5) is 12.3. The highest BCUT2D eigenvalue weighted by atomic mass is 16.3. The summed E-state index contributed by atoms with van der Waals surface area (Å²) in [6, 6.07) is -0.632.